The van der Waals surface area contributed by atoms with Gasteiger partial charge in [0.25, 0.3) is 0 Å². The highest BCUT2D eigenvalue weighted by Crippen LogP contribution is 2.34. The van der Waals surface area contributed by atoms with Crippen molar-refractivity contribution in [2.45, 2.75) is 17.7 Å². The van der Waals surface area contributed by atoms with Crippen LogP contribution in [0.15, 0.2) is 17.0 Å². The third-order valence-corrected chi connectivity index (χ3v) is 5.75. The number of rotatable bonds is 5. The normalized spacial score (nSPS) is 15.6. The van der Waals surface area contributed by atoms with Crippen molar-refractivity contribution >= 4 is 39.2 Å². The molecule has 0 aromatic heterocycles. The van der Waals surface area contributed by atoms with E-state index in [0.29, 0.717) is 12.5 Å². The zero-order valence-corrected chi connectivity index (χ0v) is 13.0. The van der Waals surface area contributed by atoms with Crippen molar-refractivity contribution in [2.24, 2.45) is 5.92 Å². The smallest absolute Gasteiger partial charge is 0.337 e. The summed E-state index contributed by atoms with van der Waals surface area (Å²) in [6.07, 6.45) is 2.02. The summed E-state index contributed by atoms with van der Waals surface area (Å²) in [6.45, 7) is 0.406. The molecule has 1 N–H and O–H groups in total. The number of halogens is 2. The van der Waals surface area contributed by atoms with Crippen LogP contribution in [0.1, 0.15) is 23.2 Å². The molecule has 0 radical (unpaired) electrons. The van der Waals surface area contributed by atoms with E-state index in [-0.39, 0.29) is 20.5 Å². The van der Waals surface area contributed by atoms with Gasteiger partial charge in [0.05, 0.1) is 15.6 Å². The van der Waals surface area contributed by atoms with E-state index in [9.17, 15) is 13.2 Å². The number of carboxylic acids is 1. The Balaban J connectivity index is 2.44. The van der Waals surface area contributed by atoms with Crippen LogP contribution in [-0.2, 0) is 10.0 Å². The molecule has 1 aromatic rings. The van der Waals surface area contributed by atoms with Crippen molar-refractivity contribution in [3.8, 4) is 0 Å². The third kappa shape index (κ3) is 3.09. The Morgan fingerprint density at radius 3 is 2.45 bits per heavy atom. The molecule has 20 heavy (non-hydrogen) atoms. The summed E-state index contributed by atoms with van der Waals surface area (Å²) in [4.78, 5) is 10.8. The summed E-state index contributed by atoms with van der Waals surface area (Å²) in [6, 6.07) is 2.15. The number of benzene rings is 1. The minimum atomic E-state index is -3.82. The minimum absolute atomic E-state index is 0.0809. The molecule has 2 rings (SSSR count). The maximum atomic E-state index is 12.4. The van der Waals surface area contributed by atoms with E-state index in [2.05, 4.69) is 0 Å². The molecular weight excluding hydrogens is 325 g/mol. The van der Waals surface area contributed by atoms with E-state index in [1.54, 1.807) is 0 Å². The molecule has 0 spiro atoms. The van der Waals surface area contributed by atoms with Gasteiger partial charge in [0, 0.05) is 13.6 Å². The van der Waals surface area contributed by atoms with E-state index >= 15 is 0 Å². The van der Waals surface area contributed by atoms with Crippen LogP contribution in [0.4, 0.5) is 0 Å². The van der Waals surface area contributed by atoms with Crippen molar-refractivity contribution in [3.05, 3.63) is 27.7 Å². The number of hydrogen-bond acceptors (Lipinski definition) is 3. The van der Waals surface area contributed by atoms with Crippen molar-refractivity contribution in [2.75, 3.05) is 13.6 Å². The Morgan fingerprint density at radius 2 is 1.95 bits per heavy atom. The standard InChI is InChI=1S/C12H13Cl2NO4S/c1-15(6-7-2-3-7)20(18,19)11-4-8(12(16)17)9(13)5-10(11)14/h4-5,7H,2-3,6H2,1H3,(H,16,17). The van der Waals surface area contributed by atoms with Gasteiger partial charge in [-0.15, -0.1) is 0 Å². The van der Waals surface area contributed by atoms with Crippen molar-refractivity contribution < 1.29 is 18.3 Å². The first-order valence-electron chi connectivity index (χ1n) is 5.92. The lowest BCUT2D eigenvalue weighted by Crippen LogP contribution is -2.29. The summed E-state index contributed by atoms with van der Waals surface area (Å²) < 4.78 is 26.0. The number of carboxylic acid groups (broad SMARTS) is 1. The maximum Gasteiger partial charge on any atom is 0.337 e. The van der Waals surface area contributed by atoms with Crippen LogP contribution in [0.5, 0.6) is 0 Å². The Labute approximate surface area is 127 Å². The summed E-state index contributed by atoms with van der Waals surface area (Å²) >= 11 is 11.7. The molecule has 0 heterocycles. The third-order valence-electron chi connectivity index (χ3n) is 3.15. The van der Waals surface area contributed by atoms with Crippen LogP contribution in [0.25, 0.3) is 0 Å². The van der Waals surface area contributed by atoms with Crippen LogP contribution >= 0.6 is 23.2 Å². The first-order chi connectivity index (χ1) is 9.23. The van der Waals surface area contributed by atoms with Gasteiger partial charge in [-0.1, -0.05) is 23.2 Å². The number of nitrogens with zero attached hydrogens (tertiary/aromatic N) is 1. The fourth-order valence-electron chi connectivity index (χ4n) is 1.82. The van der Waals surface area contributed by atoms with E-state index in [4.69, 9.17) is 28.3 Å². The average Bonchev–Trinajstić information content (AvgIpc) is 3.11. The maximum absolute atomic E-state index is 12.4. The van der Waals surface area contributed by atoms with E-state index < -0.39 is 16.0 Å². The first kappa shape index (κ1) is 15.6. The highest BCUT2D eigenvalue weighted by Gasteiger charge is 2.31. The van der Waals surface area contributed by atoms with Crippen molar-refractivity contribution in [1.29, 1.82) is 0 Å². The molecule has 0 saturated heterocycles. The second-order valence-corrected chi connectivity index (χ2v) is 7.62. The van der Waals surface area contributed by atoms with Crippen molar-refractivity contribution in [3.63, 3.8) is 0 Å². The van der Waals surface area contributed by atoms with Crippen LogP contribution in [0, 0.1) is 5.92 Å². The Hall–Kier alpha value is -0.820. The minimum Gasteiger partial charge on any atom is -0.478 e. The van der Waals surface area contributed by atoms with Gasteiger partial charge in [0.1, 0.15) is 4.90 Å². The van der Waals surface area contributed by atoms with Gasteiger partial charge < -0.3 is 5.11 Å². The summed E-state index contributed by atoms with van der Waals surface area (Å²) in [5, 5.41) is 8.83. The van der Waals surface area contributed by atoms with Crippen LogP contribution < -0.4 is 0 Å². The topological polar surface area (TPSA) is 74.7 Å². The van der Waals surface area contributed by atoms with Crippen LogP contribution in [0.3, 0.4) is 0 Å². The fourth-order valence-corrected chi connectivity index (χ4v) is 3.89. The molecule has 0 bridgehead atoms. The van der Waals surface area contributed by atoms with Crippen LogP contribution in [-0.4, -0.2) is 37.4 Å². The second kappa shape index (κ2) is 5.52. The van der Waals surface area contributed by atoms with Gasteiger partial charge >= 0.3 is 5.97 Å². The zero-order chi connectivity index (χ0) is 15.1. The van der Waals surface area contributed by atoms with Gasteiger partial charge in [-0.2, -0.15) is 0 Å². The average molecular weight is 338 g/mol. The molecule has 1 aromatic carbocycles. The van der Waals surface area contributed by atoms with E-state index in [0.717, 1.165) is 25.0 Å². The molecule has 1 fully saturated rings. The van der Waals surface area contributed by atoms with E-state index in [1.165, 1.54) is 11.4 Å². The fraction of sp³-hybridized carbons (Fsp3) is 0.417. The SMILES string of the molecule is CN(CC1CC1)S(=O)(=O)c1cc(C(=O)O)c(Cl)cc1Cl. The molecular formula is C12H13Cl2NO4S. The molecule has 0 atom stereocenters. The van der Waals surface area contributed by atoms with Gasteiger partial charge in [0.15, 0.2) is 0 Å². The highest BCUT2D eigenvalue weighted by atomic mass is 35.5. The predicted octanol–water partition coefficient (Wildman–Crippen LogP) is 2.72. The van der Waals surface area contributed by atoms with E-state index in [1.807, 2.05) is 0 Å². The summed E-state index contributed by atoms with van der Waals surface area (Å²) in [7, 11) is -2.36. The Kier molecular flexibility index (Phi) is 4.30. The lowest BCUT2D eigenvalue weighted by molar-refractivity contribution is 0.0697. The lowest BCUT2D eigenvalue weighted by Gasteiger charge is -2.18. The van der Waals surface area contributed by atoms with Gasteiger partial charge in [-0.05, 0) is 30.9 Å². The number of hydrogen-bond donors (Lipinski definition) is 1. The number of carbonyl (C=O) groups is 1. The highest BCUT2D eigenvalue weighted by molar-refractivity contribution is 7.89. The number of aromatic carboxylic acids is 1. The van der Waals surface area contributed by atoms with Gasteiger partial charge in [-0.3, -0.25) is 0 Å². The molecule has 8 heteroatoms. The second-order valence-electron chi connectivity index (χ2n) is 4.80. The zero-order valence-electron chi connectivity index (χ0n) is 10.6. The lowest BCUT2D eigenvalue weighted by atomic mass is 10.2. The summed E-state index contributed by atoms with van der Waals surface area (Å²) in [5.74, 6) is -0.923. The molecule has 5 nitrogen and oxygen atoms in total. The van der Waals surface area contributed by atoms with Gasteiger partial charge in [-0.25, -0.2) is 17.5 Å². The summed E-state index contributed by atoms with van der Waals surface area (Å²) in [5.41, 5.74) is -0.283. The molecule has 1 saturated carbocycles. The largest absolute Gasteiger partial charge is 0.478 e. The molecule has 0 unspecified atom stereocenters. The monoisotopic (exact) mass is 337 g/mol. The van der Waals surface area contributed by atoms with Gasteiger partial charge in [0.2, 0.25) is 10.0 Å². The molecule has 1 aliphatic rings. The quantitative estimate of drug-likeness (QED) is 0.896. The molecule has 0 amide bonds. The van der Waals surface area contributed by atoms with Crippen LogP contribution in [0.2, 0.25) is 10.0 Å². The Morgan fingerprint density at radius 1 is 1.35 bits per heavy atom. The predicted molar refractivity (Wildman–Crippen MR) is 76.0 cm³/mol. The Bertz CT molecular complexity index is 656. The molecule has 110 valence electrons. The number of sulfonamides is 1. The molecule has 1 aliphatic carbocycles. The first-order valence-corrected chi connectivity index (χ1v) is 8.11. The molecule has 0 aliphatic heterocycles. The van der Waals surface area contributed by atoms with Crippen molar-refractivity contribution in [1.82, 2.24) is 4.31 Å².